The van der Waals surface area contributed by atoms with Crippen molar-refractivity contribution in [2.24, 2.45) is 0 Å². The van der Waals surface area contributed by atoms with Gasteiger partial charge in [0.1, 0.15) is 0 Å². The Hall–Kier alpha value is -0.160. The van der Waals surface area contributed by atoms with E-state index in [1.165, 1.54) is 12.8 Å². The van der Waals surface area contributed by atoms with Crippen LogP contribution in [0.2, 0.25) is 0 Å². The molecule has 0 aromatic carbocycles. The van der Waals surface area contributed by atoms with Crippen LogP contribution in [0, 0.1) is 0 Å². The fourth-order valence-electron chi connectivity index (χ4n) is 1.82. The fraction of sp³-hybridized carbons (Fsp3) is 1.00. The summed E-state index contributed by atoms with van der Waals surface area (Å²) in [5, 5.41) is 11.5. The minimum atomic E-state index is 0.267. The molecule has 2 aliphatic rings. The van der Waals surface area contributed by atoms with Crippen LogP contribution < -0.4 is 10.8 Å². The van der Waals surface area contributed by atoms with Gasteiger partial charge in [-0.05, 0) is 25.8 Å². The van der Waals surface area contributed by atoms with Gasteiger partial charge in [0.25, 0.3) is 0 Å². The lowest BCUT2D eigenvalue weighted by atomic mass is 10.2. The number of hydrogen-bond donors (Lipinski definition) is 3. The largest absolute Gasteiger partial charge is 0.310 e. The van der Waals surface area contributed by atoms with Crippen molar-refractivity contribution in [2.75, 3.05) is 6.54 Å². The van der Waals surface area contributed by atoms with Gasteiger partial charge in [0, 0.05) is 5.54 Å². The molecule has 0 amide bonds. The highest BCUT2D eigenvalue weighted by Crippen LogP contribution is 2.42. The van der Waals surface area contributed by atoms with Crippen LogP contribution in [0.15, 0.2) is 0 Å². The standard InChI is InChI=1S/C6H12N2O2/c9-10-8-5-4-6(5)2-1-3-7-6/h5,7-9H,1-4H2. The van der Waals surface area contributed by atoms with E-state index >= 15 is 0 Å². The molecule has 1 saturated heterocycles. The van der Waals surface area contributed by atoms with Gasteiger partial charge in [-0.1, -0.05) is 0 Å². The SMILES string of the molecule is OONC1CC12CCCN2. The zero-order valence-corrected chi connectivity index (χ0v) is 5.76. The Bertz CT molecular complexity index is 134. The molecule has 1 saturated carbocycles. The zero-order valence-electron chi connectivity index (χ0n) is 5.76. The molecule has 2 unspecified atom stereocenters. The highest BCUT2D eigenvalue weighted by atomic mass is 17.2. The summed E-state index contributed by atoms with van der Waals surface area (Å²) in [5.41, 5.74) is 2.81. The average Bonchev–Trinajstić information content (AvgIpc) is 2.43. The molecule has 2 rings (SSSR count). The number of hydrogen-bond acceptors (Lipinski definition) is 4. The molecule has 1 spiro atoms. The monoisotopic (exact) mass is 144 g/mol. The second kappa shape index (κ2) is 2.17. The number of hydroxylamine groups is 1. The lowest BCUT2D eigenvalue weighted by molar-refractivity contribution is -0.294. The van der Waals surface area contributed by atoms with Gasteiger partial charge in [-0.25, -0.2) is 5.26 Å². The molecule has 1 aliphatic carbocycles. The van der Waals surface area contributed by atoms with Gasteiger partial charge in [-0.3, -0.25) is 0 Å². The van der Waals surface area contributed by atoms with Crippen molar-refractivity contribution in [2.45, 2.75) is 30.8 Å². The van der Waals surface area contributed by atoms with E-state index in [-0.39, 0.29) is 5.54 Å². The van der Waals surface area contributed by atoms with Crippen LogP contribution in [0.25, 0.3) is 0 Å². The number of nitrogens with one attached hydrogen (secondary N) is 2. The minimum Gasteiger partial charge on any atom is -0.310 e. The van der Waals surface area contributed by atoms with Crippen molar-refractivity contribution in [3.8, 4) is 0 Å². The molecule has 0 radical (unpaired) electrons. The molecule has 1 aliphatic heterocycles. The third-order valence-corrected chi connectivity index (χ3v) is 2.55. The van der Waals surface area contributed by atoms with Gasteiger partial charge in [0.15, 0.2) is 0 Å². The fourth-order valence-corrected chi connectivity index (χ4v) is 1.82. The highest BCUT2D eigenvalue weighted by Gasteiger charge is 2.55. The molecule has 10 heavy (non-hydrogen) atoms. The van der Waals surface area contributed by atoms with E-state index in [0.717, 1.165) is 13.0 Å². The van der Waals surface area contributed by atoms with E-state index in [4.69, 9.17) is 5.26 Å². The van der Waals surface area contributed by atoms with Gasteiger partial charge in [0.2, 0.25) is 0 Å². The van der Waals surface area contributed by atoms with E-state index < -0.39 is 0 Å². The van der Waals surface area contributed by atoms with Crippen molar-refractivity contribution in [3.05, 3.63) is 0 Å². The Morgan fingerprint density at radius 1 is 1.70 bits per heavy atom. The van der Waals surface area contributed by atoms with Gasteiger partial charge >= 0.3 is 0 Å². The second-order valence-corrected chi connectivity index (χ2v) is 3.15. The maximum absolute atomic E-state index is 8.08. The van der Waals surface area contributed by atoms with E-state index in [1.54, 1.807) is 0 Å². The smallest absolute Gasteiger partial charge is 0.0552 e. The summed E-state index contributed by atoms with van der Waals surface area (Å²) in [7, 11) is 0. The quantitative estimate of drug-likeness (QED) is 0.373. The first-order chi connectivity index (χ1) is 4.87. The molecule has 4 heteroatoms. The Balaban J connectivity index is 1.86. The molecular weight excluding hydrogens is 132 g/mol. The molecule has 0 aromatic rings. The Morgan fingerprint density at radius 2 is 2.60 bits per heavy atom. The number of rotatable bonds is 2. The molecule has 4 nitrogen and oxygen atoms in total. The van der Waals surface area contributed by atoms with E-state index in [2.05, 4.69) is 15.8 Å². The first-order valence-electron chi connectivity index (χ1n) is 3.68. The minimum absolute atomic E-state index is 0.267. The maximum atomic E-state index is 8.08. The lowest BCUT2D eigenvalue weighted by Gasteiger charge is -2.07. The van der Waals surface area contributed by atoms with Crippen molar-refractivity contribution in [1.29, 1.82) is 0 Å². The van der Waals surface area contributed by atoms with Gasteiger partial charge in [-0.2, -0.15) is 5.48 Å². The van der Waals surface area contributed by atoms with Crippen LogP contribution in [0.5, 0.6) is 0 Å². The molecular formula is C6H12N2O2. The Morgan fingerprint density at radius 3 is 3.20 bits per heavy atom. The van der Waals surface area contributed by atoms with E-state index in [9.17, 15) is 0 Å². The predicted molar refractivity (Wildman–Crippen MR) is 35.2 cm³/mol. The van der Waals surface area contributed by atoms with Crippen LogP contribution in [0.4, 0.5) is 0 Å². The summed E-state index contributed by atoms with van der Waals surface area (Å²) in [4.78, 5) is 3.86. The van der Waals surface area contributed by atoms with Gasteiger partial charge in [-0.15, -0.1) is 4.99 Å². The molecule has 1 heterocycles. The molecule has 3 N–H and O–H groups in total. The average molecular weight is 144 g/mol. The topological polar surface area (TPSA) is 53.5 Å². The molecule has 58 valence electrons. The maximum Gasteiger partial charge on any atom is 0.0552 e. The summed E-state index contributed by atoms with van der Waals surface area (Å²) in [6.45, 7) is 1.10. The third-order valence-electron chi connectivity index (χ3n) is 2.55. The van der Waals surface area contributed by atoms with Crippen LogP contribution >= 0.6 is 0 Å². The van der Waals surface area contributed by atoms with Crippen LogP contribution in [0.3, 0.4) is 0 Å². The molecule has 0 bridgehead atoms. The summed E-state index contributed by atoms with van der Waals surface area (Å²) in [5.74, 6) is 0. The Kier molecular flexibility index (Phi) is 1.42. The normalized spacial score (nSPS) is 44.7. The van der Waals surface area contributed by atoms with Gasteiger partial charge < -0.3 is 5.32 Å². The summed E-state index contributed by atoms with van der Waals surface area (Å²) < 4.78 is 0. The third kappa shape index (κ3) is 0.845. The summed E-state index contributed by atoms with van der Waals surface area (Å²) in [6, 6.07) is 0.319. The molecule has 0 aromatic heterocycles. The lowest BCUT2D eigenvalue weighted by Crippen LogP contribution is -2.33. The Labute approximate surface area is 59.4 Å². The first kappa shape index (κ1) is 6.54. The van der Waals surface area contributed by atoms with E-state index in [1.807, 2.05) is 0 Å². The van der Waals surface area contributed by atoms with Crippen molar-refractivity contribution in [3.63, 3.8) is 0 Å². The van der Waals surface area contributed by atoms with E-state index in [0.29, 0.717) is 6.04 Å². The predicted octanol–water partition coefficient (Wildman–Crippen LogP) is -0.125. The second-order valence-electron chi connectivity index (χ2n) is 3.15. The highest BCUT2D eigenvalue weighted by molar-refractivity contribution is 5.16. The van der Waals surface area contributed by atoms with Gasteiger partial charge in [0.05, 0.1) is 6.04 Å². The summed E-state index contributed by atoms with van der Waals surface area (Å²) >= 11 is 0. The molecule has 2 fully saturated rings. The van der Waals surface area contributed by atoms with Crippen molar-refractivity contribution in [1.82, 2.24) is 10.8 Å². The van der Waals surface area contributed by atoms with Crippen LogP contribution in [-0.4, -0.2) is 23.4 Å². The van der Waals surface area contributed by atoms with Crippen molar-refractivity contribution < 1.29 is 10.2 Å². The van der Waals surface area contributed by atoms with Crippen LogP contribution in [0.1, 0.15) is 19.3 Å². The van der Waals surface area contributed by atoms with Crippen LogP contribution in [-0.2, 0) is 4.99 Å². The summed E-state index contributed by atoms with van der Waals surface area (Å²) in [6.07, 6.45) is 3.52. The van der Waals surface area contributed by atoms with Crippen molar-refractivity contribution >= 4 is 0 Å². The first-order valence-corrected chi connectivity index (χ1v) is 3.68. The molecule has 2 atom stereocenters. The zero-order chi connectivity index (χ0) is 7.03.